The number of nitrogens with one attached hydrogen (secondary N) is 2. The summed E-state index contributed by atoms with van der Waals surface area (Å²) in [6.07, 6.45) is 1.99. The van der Waals surface area contributed by atoms with E-state index in [4.69, 9.17) is 4.74 Å². The Morgan fingerprint density at radius 2 is 2.00 bits per heavy atom. The fraction of sp³-hybridized carbons (Fsp3) is 0.471. The highest BCUT2D eigenvalue weighted by atomic mass is 32.2. The molecule has 0 radical (unpaired) electrons. The van der Waals surface area contributed by atoms with Gasteiger partial charge in [0, 0.05) is 19.8 Å². The van der Waals surface area contributed by atoms with Gasteiger partial charge in [0.05, 0.1) is 7.11 Å². The molecular weight excluding hydrogens is 388 g/mol. The number of amides is 4. The van der Waals surface area contributed by atoms with Crippen LogP contribution in [-0.4, -0.2) is 68.8 Å². The van der Waals surface area contributed by atoms with E-state index in [-0.39, 0.29) is 16.3 Å². The Labute approximate surface area is 162 Å². The fourth-order valence-corrected chi connectivity index (χ4v) is 4.26. The van der Waals surface area contributed by atoms with Crippen LogP contribution in [0.25, 0.3) is 0 Å². The van der Waals surface area contributed by atoms with Crippen LogP contribution in [0.5, 0.6) is 5.75 Å². The van der Waals surface area contributed by atoms with Gasteiger partial charge in [-0.15, -0.1) is 0 Å². The Hall–Kier alpha value is -2.66. The van der Waals surface area contributed by atoms with Crippen molar-refractivity contribution < 1.29 is 27.5 Å². The van der Waals surface area contributed by atoms with Gasteiger partial charge in [-0.05, 0) is 37.5 Å². The van der Waals surface area contributed by atoms with Gasteiger partial charge in [-0.25, -0.2) is 17.5 Å². The Morgan fingerprint density at radius 1 is 1.32 bits per heavy atom. The highest BCUT2D eigenvalue weighted by Crippen LogP contribution is 2.37. The third kappa shape index (κ3) is 3.31. The number of ether oxygens (including phenoxy) is 1. The molecule has 1 saturated carbocycles. The number of carbonyl (C=O) groups is 3. The third-order valence-corrected chi connectivity index (χ3v) is 6.80. The minimum absolute atomic E-state index is 0.110. The number of methoxy groups -OCH3 is 1. The van der Waals surface area contributed by atoms with Gasteiger partial charge in [-0.1, -0.05) is 0 Å². The predicted molar refractivity (Wildman–Crippen MR) is 99.3 cm³/mol. The minimum atomic E-state index is -3.80. The standard InChI is InChI=1S/C17H22N4O6S/c1-20(2)28(25,26)13-9-11(5-6-12(13)27-3)18-14(22)10-21-15(23)17(7-4-8-17)19-16(21)24/h5-6,9H,4,7-8,10H2,1-3H3,(H,18,22)(H,19,24). The van der Waals surface area contributed by atoms with E-state index in [9.17, 15) is 22.8 Å². The number of carbonyl (C=O) groups excluding carboxylic acids is 3. The zero-order valence-electron chi connectivity index (χ0n) is 15.8. The second-order valence-corrected chi connectivity index (χ2v) is 9.08. The average Bonchev–Trinajstić information content (AvgIpc) is 2.86. The molecule has 10 nitrogen and oxygen atoms in total. The zero-order valence-corrected chi connectivity index (χ0v) is 16.6. The second kappa shape index (κ2) is 7.06. The average molecular weight is 410 g/mol. The highest BCUT2D eigenvalue weighted by Gasteiger charge is 2.54. The van der Waals surface area contributed by atoms with E-state index in [2.05, 4.69) is 10.6 Å². The van der Waals surface area contributed by atoms with E-state index < -0.39 is 40.0 Å². The molecule has 4 amide bonds. The number of imide groups is 1. The number of hydrogen-bond acceptors (Lipinski definition) is 6. The first kappa shape index (κ1) is 20.1. The summed E-state index contributed by atoms with van der Waals surface area (Å²) in [6, 6.07) is 3.57. The van der Waals surface area contributed by atoms with E-state index in [1.54, 1.807) is 0 Å². The molecule has 1 aliphatic heterocycles. The lowest BCUT2D eigenvalue weighted by atomic mass is 9.77. The maximum absolute atomic E-state index is 12.5. The number of anilines is 1. The summed E-state index contributed by atoms with van der Waals surface area (Å²) in [5, 5.41) is 5.17. The molecule has 0 unspecified atom stereocenters. The van der Waals surface area contributed by atoms with Crippen molar-refractivity contribution in [2.24, 2.45) is 0 Å². The van der Waals surface area contributed by atoms with Gasteiger partial charge in [-0.2, -0.15) is 0 Å². The molecular formula is C17H22N4O6S. The van der Waals surface area contributed by atoms with Crippen molar-refractivity contribution in [1.29, 1.82) is 0 Å². The van der Waals surface area contributed by atoms with Gasteiger partial charge in [0.2, 0.25) is 15.9 Å². The van der Waals surface area contributed by atoms with E-state index in [0.717, 1.165) is 15.6 Å². The Morgan fingerprint density at radius 3 is 2.50 bits per heavy atom. The Balaban J connectivity index is 1.76. The number of benzene rings is 1. The molecule has 3 rings (SSSR count). The van der Waals surface area contributed by atoms with Gasteiger partial charge in [0.15, 0.2) is 0 Å². The van der Waals surface area contributed by atoms with Crippen LogP contribution >= 0.6 is 0 Å². The summed E-state index contributed by atoms with van der Waals surface area (Å²) in [6.45, 7) is -0.450. The van der Waals surface area contributed by atoms with Crippen LogP contribution in [0.3, 0.4) is 0 Å². The van der Waals surface area contributed by atoms with E-state index in [1.165, 1.54) is 39.4 Å². The SMILES string of the molecule is COc1ccc(NC(=O)CN2C(=O)NC3(CCC3)C2=O)cc1S(=O)(=O)N(C)C. The summed E-state index contributed by atoms with van der Waals surface area (Å²) in [5.41, 5.74) is -0.651. The third-order valence-electron chi connectivity index (χ3n) is 4.96. The first-order chi connectivity index (χ1) is 13.1. The summed E-state index contributed by atoms with van der Waals surface area (Å²) < 4.78 is 31.0. The monoisotopic (exact) mass is 410 g/mol. The van der Waals surface area contributed by atoms with Crippen LogP contribution < -0.4 is 15.4 Å². The van der Waals surface area contributed by atoms with Crippen molar-refractivity contribution in [3.8, 4) is 5.75 Å². The zero-order chi connectivity index (χ0) is 20.7. The Kier molecular flexibility index (Phi) is 5.06. The van der Waals surface area contributed by atoms with Crippen molar-refractivity contribution in [3.63, 3.8) is 0 Å². The molecule has 1 spiro atoms. The smallest absolute Gasteiger partial charge is 0.325 e. The van der Waals surface area contributed by atoms with E-state index >= 15 is 0 Å². The Bertz CT molecular complexity index is 939. The molecule has 0 aromatic heterocycles. The highest BCUT2D eigenvalue weighted by molar-refractivity contribution is 7.89. The van der Waals surface area contributed by atoms with Crippen LogP contribution in [-0.2, 0) is 19.6 Å². The van der Waals surface area contributed by atoms with Gasteiger partial charge < -0.3 is 15.4 Å². The molecule has 1 saturated heterocycles. The number of hydrogen-bond donors (Lipinski definition) is 2. The molecule has 2 N–H and O–H groups in total. The van der Waals surface area contributed by atoms with Gasteiger partial charge in [0.1, 0.15) is 22.7 Å². The molecule has 28 heavy (non-hydrogen) atoms. The maximum atomic E-state index is 12.5. The van der Waals surface area contributed by atoms with Crippen molar-refractivity contribution in [2.45, 2.75) is 29.7 Å². The van der Waals surface area contributed by atoms with E-state index in [1.807, 2.05) is 0 Å². The van der Waals surface area contributed by atoms with E-state index in [0.29, 0.717) is 12.8 Å². The molecule has 0 bridgehead atoms. The van der Waals surface area contributed by atoms with Gasteiger partial charge >= 0.3 is 6.03 Å². The summed E-state index contributed by atoms with van der Waals surface area (Å²) >= 11 is 0. The second-order valence-electron chi connectivity index (χ2n) is 6.96. The van der Waals surface area contributed by atoms with Crippen LogP contribution in [0.1, 0.15) is 19.3 Å². The van der Waals surface area contributed by atoms with Crippen molar-refractivity contribution in [2.75, 3.05) is 33.1 Å². The van der Waals surface area contributed by atoms with Gasteiger partial charge in [-0.3, -0.25) is 14.5 Å². The minimum Gasteiger partial charge on any atom is -0.495 e. The topological polar surface area (TPSA) is 125 Å². The quantitative estimate of drug-likeness (QED) is 0.653. The molecule has 1 aromatic rings. The van der Waals surface area contributed by atoms with Crippen LogP contribution in [0.2, 0.25) is 0 Å². The summed E-state index contributed by atoms with van der Waals surface area (Å²) in [7, 11) is 0.308. The maximum Gasteiger partial charge on any atom is 0.325 e. The van der Waals surface area contributed by atoms with Gasteiger partial charge in [0.25, 0.3) is 5.91 Å². The van der Waals surface area contributed by atoms with Crippen LogP contribution in [0, 0.1) is 0 Å². The molecule has 1 aromatic carbocycles. The van der Waals surface area contributed by atoms with Crippen LogP contribution in [0.4, 0.5) is 10.5 Å². The number of sulfonamides is 1. The molecule has 0 atom stereocenters. The number of nitrogens with zero attached hydrogens (tertiary/aromatic N) is 2. The number of rotatable bonds is 6. The van der Waals surface area contributed by atoms with Crippen LogP contribution in [0.15, 0.2) is 23.1 Å². The predicted octanol–water partition coefficient (Wildman–Crippen LogP) is 0.359. The molecule has 1 heterocycles. The van der Waals surface area contributed by atoms with Crippen molar-refractivity contribution >= 4 is 33.6 Å². The van der Waals surface area contributed by atoms with Crippen molar-refractivity contribution in [1.82, 2.24) is 14.5 Å². The fourth-order valence-electron chi connectivity index (χ4n) is 3.19. The lowest BCUT2D eigenvalue weighted by Crippen LogP contribution is -2.52. The molecule has 152 valence electrons. The molecule has 2 fully saturated rings. The summed E-state index contributed by atoms with van der Waals surface area (Å²) in [5.74, 6) is -0.879. The largest absolute Gasteiger partial charge is 0.495 e. The molecule has 2 aliphatic rings. The summed E-state index contributed by atoms with van der Waals surface area (Å²) in [4.78, 5) is 37.6. The first-order valence-electron chi connectivity index (χ1n) is 8.65. The normalized spacial score (nSPS) is 18.2. The lowest BCUT2D eigenvalue weighted by Gasteiger charge is -2.34. The molecule has 1 aliphatic carbocycles. The first-order valence-corrected chi connectivity index (χ1v) is 10.1. The molecule has 11 heteroatoms. The number of urea groups is 1. The van der Waals surface area contributed by atoms with Crippen molar-refractivity contribution in [3.05, 3.63) is 18.2 Å². The lowest BCUT2D eigenvalue weighted by molar-refractivity contribution is -0.136.